The zero-order valence-electron chi connectivity index (χ0n) is 20.9. The SMILES string of the molecule is O=C1N(Cc2ccccc2)c2ccccc2C12c1c(c3ccccc3oc1=O)-n1c(=O)c3ccccc3c(=O)n12. The van der Waals surface area contributed by atoms with E-state index in [0.717, 1.165) is 5.56 Å². The van der Waals surface area contributed by atoms with Gasteiger partial charge in [-0.25, -0.2) is 14.2 Å². The van der Waals surface area contributed by atoms with Crippen molar-refractivity contribution in [3.8, 4) is 5.69 Å². The monoisotopic (exact) mass is 525 g/mol. The zero-order valence-corrected chi connectivity index (χ0v) is 20.9. The van der Waals surface area contributed by atoms with E-state index in [1.165, 1.54) is 9.36 Å². The van der Waals surface area contributed by atoms with Gasteiger partial charge in [0.2, 0.25) is 5.54 Å². The topological polar surface area (TPSA) is 94.5 Å². The van der Waals surface area contributed by atoms with Crippen molar-refractivity contribution < 1.29 is 9.21 Å². The van der Waals surface area contributed by atoms with Crippen molar-refractivity contribution in [2.45, 2.75) is 12.1 Å². The number of fused-ring (bicyclic) bond motifs is 10. The number of nitrogens with zero attached hydrogens (tertiary/aromatic N) is 3. The minimum Gasteiger partial charge on any atom is -0.422 e. The van der Waals surface area contributed by atoms with Crippen LogP contribution in [0.4, 0.5) is 5.69 Å². The van der Waals surface area contributed by atoms with Crippen molar-refractivity contribution in [1.82, 2.24) is 9.36 Å². The van der Waals surface area contributed by atoms with Crippen molar-refractivity contribution in [2.24, 2.45) is 0 Å². The molecule has 1 unspecified atom stereocenters. The maximum atomic E-state index is 14.9. The van der Waals surface area contributed by atoms with E-state index in [4.69, 9.17) is 4.42 Å². The Kier molecular flexibility index (Phi) is 4.36. The lowest BCUT2D eigenvalue weighted by molar-refractivity contribution is -0.123. The van der Waals surface area contributed by atoms with Gasteiger partial charge in [0.15, 0.2) is 0 Å². The molecule has 8 rings (SSSR count). The minimum atomic E-state index is -1.94. The Morgan fingerprint density at radius 3 is 2.05 bits per heavy atom. The molecule has 0 bridgehead atoms. The molecule has 0 radical (unpaired) electrons. The van der Waals surface area contributed by atoms with Crippen molar-refractivity contribution in [1.29, 1.82) is 0 Å². The van der Waals surface area contributed by atoms with Crippen molar-refractivity contribution in [3.63, 3.8) is 0 Å². The van der Waals surface area contributed by atoms with E-state index in [9.17, 15) is 19.2 Å². The Morgan fingerprint density at radius 2 is 1.27 bits per heavy atom. The summed E-state index contributed by atoms with van der Waals surface area (Å²) >= 11 is 0. The fraction of sp³-hybridized carbons (Fsp3) is 0.0625. The quantitative estimate of drug-likeness (QED) is 0.320. The summed E-state index contributed by atoms with van der Waals surface area (Å²) in [7, 11) is 0. The second-order valence-corrected chi connectivity index (χ2v) is 9.99. The Morgan fingerprint density at radius 1 is 0.650 bits per heavy atom. The molecule has 0 aliphatic carbocycles. The first-order chi connectivity index (χ1) is 19.5. The highest BCUT2D eigenvalue weighted by Crippen LogP contribution is 2.51. The highest BCUT2D eigenvalue weighted by molar-refractivity contribution is 6.12. The van der Waals surface area contributed by atoms with Gasteiger partial charge in [0.05, 0.1) is 28.7 Å². The van der Waals surface area contributed by atoms with Gasteiger partial charge >= 0.3 is 5.63 Å². The molecule has 1 spiro atoms. The van der Waals surface area contributed by atoms with Crippen molar-refractivity contribution >= 4 is 33.3 Å². The van der Waals surface area contributed by atoms with Gasteiger partial charge in [0, 0.05) is 10.9 Å². The van der Waals surface area contributed by atoms with Crippen LogP contribution in [0.3, 0.4) is 0 Å². The number of carbonyl (C=O) groups excluding carboxylic acids is 1. The number of hydrogen-bond acceptors (Lipinski definition) is 5. The number of benzene rings is 4. The number of rotatable bonds is 2. The van der Waals surface area contributed by atoms with E-state index in [1.807, 2.05) is 30.3 Å². The van der Waals surface area contributed by atoms with Gasteiger partial charge in [-0.1, -0.05) is 72.8 Å². The van der Waals surface area contributed by atoms with Gasteiger partial charge < -0.3 is 9.32 Å². The summed E-state index contributed by atoms with van der Waals surface area (Å²) in [6, 6.07) is 29.9. The molecule has 0 N–H and O–H groups in total. The largest absolute Gasteiger partial charge is 0.422 e. The van der Waals surface area contributed by atoms with Crippen molar-refractivity contribution in [3.05, 3.63) is 151 Å². The molecule has 8 heteroatoms. The van der Waals surface area contributed by atoms with Crippen LogP contribution in [0.5, 0.6) is 0 Å². The maximum Gasteiger partial charge on any atom is 0.345 e. The van der Waals surface area contributed by atoms with Crippen LogP contribution in [0.2, 0.25) is 0 Å². The molecule has 192 valence electrons. The van der Waals surface area contributed by atoms with Gasteiger partial charge in [-0.15, -0.1) is 0 Å². The molecule has 8 nitrogen and oxygen atoms in total. The summed E-state index contributed by atoms with van der Waals surface area (Å²) in [5, 5.41) is 0.812. The van der Waals surface area contributed by atoms with Crippen LogP contribution in [0.15, 0.2) is 122 Å². The zero-order chi connectivity index (χ0) is 27.2. The van der Waals surface area contributed by atoms with Crippen LogP contribution in [0, 0.1) is 0 Å². The lowest BCUT2D eigenvalue weighted by Gasteiger charge is -2.26. The first-order valence-electron chi connectivity index (χ1n) is 12.8. The molecule has 2 aliphatic heterocycles. The molecule has 0 saturated carbocycles. The second-order valence-electron chi connectivity index (χ2n) is 9.99. The van der Waals surface area contributed by atoms with E-state index >= 15 is 0 Å². The maximum absolute atomic E-state index is 14.9. The van der Waals surface area contributed by atoms with Gasteiger partial charge in [0.25, 0.3) is 17.0 Å². The summed E-state index contributed by atoms with van der Waals surface area (Å²) in [5.74, 6) is -0.510. The van der Waals surface area contributed by atoms with E-state index in [1.54, 1.807) is 77.7 Å². The average molecular weight is 526 g/mol. The Hall–Kier alpha value is -5.50. The predicted molar refractivity (Wildman–Crippen MR) is 150 cm³/mol. The number of hydrogen-bond donors (Lipinski definition) is 0. The normalized spacial score (nSPS) is 17.0. The fourth-order valence-electron chi connectivity index (χ4n) is 6.35. The summed E-state index contributed by atoms with van der Waals surface area (Å²) in [4.78, 5) is 58.9. The molecular formula is C32H19N3O5. The standard InChI is InChI=1S/C32H19N3O5/c36-28-20-12-4-5-13-21(20)29(37)35-32(26-27(34(28)35)22-14-6-9-17-25(22)40-30(26)38)23-15-7-8-16-24(23)33(31(32)39)18-19-10-2-1-3-11-19/h1-17H,18H2. The highest BCUT2D eigenvalue weighted by atomic mass is 16.4. The summed E-state index contributed by atoms with van der Waals surface area (Å²) in [5.41, 5.74) is -1.53. The molecule has 4 aromatic carbocycles. The summed E-state index contributed by atoms with van der Waals surface area (Å²) in [6.07, 6.45) is 0. The smallest absolute Gasteiger partial charge is 0.345 e. The molecule has 2 aliphatic rings. The third kappa shape index (κ3) is 2.59. The molecule has 0 fully saturated rings. The fourth-order valence-corrected chi connectivity index (χ4v) is 6.35. The lowest BCUT2D eigenvalue weighted by atomic mass is 9.84. The lowest BCUT2D eigenvalue weighted by Crippen LogP contribution is -2.53. The Bertz CT molecular complexity index is 2250. The number of amides is 1. The van der Waals surface area contributed by atoms with E-state index < -0.39 is 28.2 Å². The van der Waals surface area contributed by atoms with Crippen LogP contribution in [-0.4, -0.2) is 15.3 Å². The van der Waals surface area contributed by atoms with Crippen LogP contribution in [-0.2, 0) is 16.9 Å². The molecule has 0 saturated heterocycles. The van der Waals surface area contributed by atoms with Crippen LogP contribution in [0.25, 0.3) is 27.4 Å². The summed E-state index contributed by atoms with van der Waals surface area (Å²) < 4.78 is 8.15. The Labute approximate surface area is 225 Å². The van der Waals surface area contributed by atoms with Crippen LogP contribution >= 0.6 is 0 Å². The molecule has 1 amide bonds. The number of para-hydroxylation sites is 2. The number of carbonyl (C=O) groups is 1. The van der Waals surface area contributed by atoms with Gasteiger partial charge in [0.1, 0.15) is 11.1 Å². The minimum absolute atomic E-state index is 0.0475. The molecule has 6 aromatic rings. The Balaban J connectivity index is 1.59. The first kappa shape index (κ1) is 22.5. The van der Waals surface area contributed by atoms with Gasteiger partial charge in [-0.2, -0.15) is 0 Å². The summed E-state index contributed by atoms with van der Waals surface area (Å²) in [6.45, 7) is 0.208. The molecule has 2 aromatic heterocycles. The molecule has 4 heterocycles. The van der Waals surface area contributed by atoms with E-state index in [0.29, 0.717) is 16.6 Å². The number of anilines is 1. The third-order valence-electron chi connectivity index (χ3n) is 7.97. The van der Waals surface area contributed by atoms with Crippen LogP contribution in [0.1, 0.15) is 16.7 Å². The molecule has 1 atom stereocenters. The molecule has 40 heavy (non-hydrogen) atoms. The van der Waals surface area contributed by atoms with Gasteiger partial charge in [-0.05, 0) is 35.9 Å². The van der Waals surface area contributed by atoms with Crippen LogP contribution < -0.4 is 21.6 Å². The predicted octanol–water partition coefficient (Wildman–Crippen LogP) is 3.91. The number of aromatic nitrogens is 2. The van der Waals surface area contributed by atoms with E-state index in [-0.39, 0.29) is 34.2 Å². The average Bonchev–Trinajstić information content (AvgIpc) is 3.44. The third-order valence-corrected chi connectivity index (χ3v) is 7.97. The highest BCUT2D eigenvalue weighted by Gasteiger charge is 2.62. The second kappa shape index (κ2) is 7.77. The van der Waals surface area contributed by atoms with E-state index in [2.05, 4.69) is 0 Å². The van der Waals surface area contributed by atoms with Gasteiger partial charge in [-0.3, -0.25) is 14.4 Å². The molecular weight excluding hydrogens is 506 g/mol. The first-order valence-corrected chi connectivity index (χ1v) is 12.8. The van der Waals surface area contributed by atoms with Crippen molar-refractivity contribution in [2.75, 3.05) is 4.90 Å².